The number of ether oxygens (including phenoxy) is 1. The minimum atomic E-state index is -0.152. The van der Waals surface area contributed by atoms with Gasteiger partial charge >= 0.3 is 0 Å². The Hall–Kier alpha value is -3.35. The van der Waals surface area contributed by atoms with Crippen LogP contribution in [-0.4, -0.2) is 31.5 Å². The number of rotatable bonds is 5. The molecule has 1 N–H and O–H groups in total. The lowest BCUT2D eigenvalue weighted by Gasteiger charge is -2.02. The molecule has 3 heterocycles. The fourth-order valence-corrected chi connectivity index (χ4v) is 3.18. The van der Waals surface area contributed by atoms with Gasteiger partial charge in [-0.05, 0) is 37.6 Å². The summed E-state index contributed by atoms with van der Waals surface area (Å²) in [4.78, 5) is 17.4. The van der Waals surface area contributed by atoms with Crippen LogP contribution in [0.3, 0.4) is 0 Å². The summed E-state index contributed by atoms with van der Waals surface area (Å²) >= 11 is 0. The van der Waals surface area contributed by atoms with Crippen molar-refractivity contribution in [1.82, 2.24) is 24.4 Å². The predicted molar refractivity (Wildman–Crippen MR) is 104 cm³/mol. The van der Waals surface area contributed by atoms with Crippen molar-refractivity contribution in [2.24, 2.45) is 0 Å². The summed E-state index contributed by atoms with van der Waals surface area (Å²) in [5.74, 6) is 0.786. The summed E-state index contributed by atoms with van der Waals surface area (Å²) < 4.78 is 8.56. The minimum Gasteiger partial charge on any atom is -0.497 e. The number of benzene rings is 1. The summed E-state index contributed by atoms with van der Waals surface area (Å²) in [6, 6.07) is 9.23. The Bertz CT molecular complexity index is 1150. The van der Waals surface area contributed by atoms with Crippen molar-refractivity contribution in [3.63, 3.8) is 0 Å². The minimum absolute atomic E-state index is 0.152. The number of aryl methyl sites for hydroxylation is 2. The highest BCUT2D eigenvalue weighted by Crippen LogP contribution is 2.26. The first-order valence-electron chi connectivity index (χ1n) is 8.90. The number of nitrogens with one attached hydrogen (secondary N) is 1. The van der Waals surface area contributed by atoms with E-state index in [-0.39, 0.29) is 5.56 Å². The molecule has 7 nitrogen and oxygen atoms in total. The number of methoxy groups -OCH3 is 1. The molecule has 0 radical (unpaired) electrons. The van der Waals surface area contributed by atoms with Gasteiger partial charge in [0.15, 0.2) is 5.65 Å². The van der Waals surface area contributed by atoms with Crippen LogP contribution in [-0.2, 0) is 6.54 Å². The lowest BCUT2D eigenvalue weighted by molar-refractivity contribution is 0.415. The quantitative estimate of drug-likeness (QED) is 0.590. The van der Waals surface area contributed by atoms with Crippen LogP contribution in [0.4, 0.5) is 0 Å². The zero-order valence-electron chi connectivity index (χ0n) is 15.6. The molecular formula is C20H21N5O2. The van der Waals surface area contributed by atoms with Crippen LogP contribution in [0.1, 0.15) is 18.9 Å². The van der Waals surface area contributed by atoms with Gasteiger partial charge in [-0.3, -0.25) is 14.6 Å². The van der Waals surface area contributed by atoms with E-state index in [9.17, 15) is 4.79 Å². The van der Waals surface area contributed by atoms with E-state index in [1.165, 1.54) is 10.6 Å². The number of fused-ring (bicyclic) bond motifs is 1. The van der Waals surface area contributed by atoms with Gasteiger partial charge in [0.25, 0.3) is 5.56 Å². The van der Waals surface area contributed by atoms with E-state index in [4.69, 9.17) is 9.72 Å². The molecule has 0 spiro atoms. The van der Waals surface area contributed by atoms with Gasteiger partial charge in [-0.15, -0.1) is 0 Å². The number of nitrogens with zero attached hydrogens (tertiary/aromatic N) is 4. The zero-order chi connectivity index (χ0) is 19.0. The summed E-state index contributed by atoms with van der Waals surface area (Å²) in [6.45, 7) is 4.90. The highest BCUT2D eigenvalue weighted by Gasteiger charge is 2.15. The first-order chi connectivity index (χ1) is 13.1. The maximum Gasteiger partial charge on any atom is 0.273 e. The average molecular weight is 363 g/mol. The second-order valence-electron chi connectivity index (χ2n) is 6.47. The molecule has 4 aromatic rings. The molecule has 1 aromatic carbocycles. The maximum absolute atomic E-state index is 12.6. The van der Waals surface area contributed by atoms with Crippen molar-refractivity contribution in [2.75, 3.05) is 7.11 Å². The van der Waals surface area contributed by atoms with Gasteiger partial charge in [0, 0.05) is 35.5 Å². The third kappa shape index (κ3) is 3.01. The van der Waals surface area contributed by atoms with Gasteiger partial charge in [-0.25, -0.2) is 9.50 Å². The maximum atomic E-state index is 12.6. The molecule has 0 bridgehead atoms. The predicted octanol–water partition coefficient (Wildman–Crippen LogP) is 3.28. The van der Waals surface area contributed by atoms with Crippen LogP contribution < -0.4 is 10.3 Å². The number of aromatic nitrogens is 5. The molecule has 0 aliphatic rings. The van der Waals surface area contributed by atoms with E-state index in [1.807, 2.05) is 42.1 Å². The zero-order valence-corrected chi connectivity index (χ0v) is 15.6. The fraction of sp³-hybridized carbons (Fsp3) is 0.250. The Morgan fingerprint density at radius 2 is 1.96 bits per heavy atom. The van der Waals surface area contributed by atoms with Crippen molar-refractivity contribution in [2.45, 2.75) is 26.8 Å². The van der Waals surface area contributed by atoms with E-state index in [2.05, 4.69) is 17.1 Å². The summed E-state index contributed by atoms with van der Waals surface area (Å²) in [5, 5.41) is 7.50. The summed E-state index contributed by atoms with van der Waals surface area (Å²) in [6.07, 6.45) is 4.67. The molecule has 0 atom stereocenters. The number of H-pyrrole nitrogens is 1. The molecule has 0 fully saturated rings. The van der Waals surface area contributed by atoms with E-state index >= 15 is 0 Å². The summed E-state index contributed by atoms with van der Waals surface area (Å²) in [5.41, 5.74) is 4.68. The number of aromatic amines is 1. The van der Waals surface area contributed by atoms with Crippen LogP contribution in [0, 0.1) is 6.92 Å². The lowest BCUT2D eigenvalue weighted by atomic mass is 10.1. The molecule has 4 rings (SSSR count). The molecule has 0 saturated carbocycles. The van der Waals surface area contributed by atoms with Crippen molar-refractivity contribution in [3.8, 4) is 28.3 Å². The topological polar surface area (TPSA) is 77.2 Å². The van der Waals surface area contributed by atoms with Gasteiger partial charge in [0.2, 0.25) is 0 Å². The largest absolute Gasteiger partial charge is 0.497 e. The highest BCUT2D eigenvalue weighted by molar-refractivity contribution is 5.72. The number of hydrogen-bond donors (Lipinski definition) is 1. The first kappa shape index (κ1) is 17.1. The van der Waals surface area contributed by atoms with E-state index in [0.717, 1.165) is 41.1 Å². The standard InChI is InChI=1S/C20H21N5O2/c1-4-9-24-12-15(11-21-24)17-10-18(26)25-20(22-17)13(2)19(23-25)14-5-7-16(27-3)8-6-14/h5-8,10-12,23H,4,9H2,1-3H3. The van der Waals surface area contributed by atoms with Crippen LogP contribution in [0.5, 0.6) is 5.75 Å². The SMILES string of the molecule is CCCn1cc(-c2cc(=O)n3[nH]c(-c4ccc(OC)cc4)c(C)c3n2)cn1. The van der Waals surface area contributed by atoms with E-state index in [1.54, 1.807) is 13.3 Å². The Morgan fingerprint density at radius 1 is 1.19 bits per heavy atom. The Morgan fingerprint density at radius 3 is 2.67 bits per heavy atom. The Kier molecular flexibility index (Phi) is 4.27. The highest BCUT2D eigenvalue weighted by atomic mass is 16.5. The molecule has 0 aliphatic heterocycles. The third-order valence-corrected chi connectivity index (χ3v) is 4.61. The second kappa shape index (κ2) is 6.75. The molecule has 7 heteroatoms. The monoisotopic (exact) mass is 363 g/mol. The number of hydrogen-bond acceptors (Lipinski definition) is 4. The molecule has 27 heavy (non-hydrogen) atoms. The molecular weight excluding hydrogens is 342 g/mol. The van der Waals surface area contributed by atoms with Crippen LogP contribution in [0.2, 0.25) is 0 Å². The summed E-state index contributed by atoms with van der Waals surface area (Å²) in [7, 11) is 1.64. The fourth-order valence-electron chi connectivity index (χ4n) is 3.18. The van der Waals surface area contributed by atoms with Gasteiger partial charge in [0.05, 0.1) is 24.7 Å². The molecule has 3 aromatic heterocycles. The van der Waals surface area contributed by atoms with Crippen LogP contribution in [0.25, 0.3) is 28.2 Å². The van der Waals surface area contributed by atoms with Crippen LogP contribution >= 0.6 is 0 Å². The van der Waals surface area contributed by atoms with Gasteiger partial charge in [-0.1, -0.05) is 6.92 Å². The smallest absolute Gasteiger partial charge is 0.273 e. The molecule has 0 aliphatic carbocycles. The van der Waals surface area contributed by atoms with Crippen molar-refractivity contribution < 1.29 is 4.74 Å². The van der Waals surface area contributed by atoms with Crippen molar-refractivity contribution >= 4 is 5.65 Å². The van der Waals surface area contributed by atoms with Gasteiger partial charge in [-0.2, -0.15) is 5.10 Å². The molecule has 0 saturated heterocycles. The van der Waals surface area contributed by atoms with E-state index in [0.29, 0.717) is 11.3 Å². The van der Waals surface area contributed by atoms with Crippen molar-refractivity contribution in [1.29, 1.82) is 0 Å². The molecule has 0 amide bonds. The van der Waals surface area contributed by atoms with Crippen molar-refractivity contribution in [3.05, 3.63) is 58.6 Å². The Labute approximate surface area is 156 Å². The molecule has 0 unspecified atom stereocenters. The molecule has 138 valence electrons. The van der Waals surface area contributed by atoms with Gasteiger partial charge in [0.1, 0.15) is 5.75 Å². The van der Waals surface area contributed by atoms with Gasteiger partial charge < -0.3 is 4.74 Å². The lowest BCUT2D eigenvalue weighted by Crippen LogP contribution is -2.14. The second-order valence-corrected chi connectivity index (χ2v) is 6.47. The first-order valence-corrected chi connectivity index (χ1v) is 8.90. The average Bonchev–Trinajstić information content (AvgIpc) is 3.28. The van der Waals surface area contributed by atoms with E-state index < -0.39 is 0 Å². The normalized spacial score (nSPS) is 11.2. The Balaban J connectivity index is 1.82. The van der Waals surface area contributed by atoms with Crippen LogP contribution in [0.15, 0.2) is 47.5 Å². The third-order valence-electron chi connectivity index (χ3n) is 4.61.